The van der Waals surface area contributed by atoms with Gasteiger partial charge in [0.2, 0.25) is 0 Å². The SMILES string of the molecule is CB(O)N1C=C(C)CC1.CB(O)N1CC=C(C)C1.CB(O)N1CCC(=O)C1.Nc1ccc(C2CCN([B]C=O)C2)cc1.O=C[B]N1C=C(c2ccc(B(O)O)cc2)CC1.O=C[B]N1CC=C(c2ccc([N+](=O)[O-])cc2)C1.O=S(=O)(N(c1ccccc1)S(=O)(=O)C(F)(F)F)C(F)(F)F.O=[N+]([O-])c1ccc(B(O)O)cc1.[HH].[Pd]. The Morgan fingerprint density at radius 2 is 1.05 bits per heavy atom. The summed E-state index contributed by atoms with van der Waals surface area (Å²) in [6, 6.07) is 30.4. The molecule has 1 unspecified atom stereocenters. The van der Waals surface area contributed by atoms with Gasteiger partial charge in [-0.1, -0.05) is 90.0 Å². The average molecular weight is 1670 g/mol. The Balaban J connectivity index is 0.000000436. The molecule has 29 nitrogen and oxygen atoms in total. The first-order valence-electron chi connectivity index (χ1n) is 33.4. The van der Waals surface area contributed by atoms with Gasteiger partial charge in [0.1, 0.15) is 12.0 Å². The van der Waals surface area contributed by atoms with Crippen LogP contribution in [-0.2, 0) is 59.6 Å². The molecule has 0 spiro atoms. The van der Waals surface area contributed by atoms with Crippen LogP contribution in [0.5, 0.6) is 0 Å². The smallest absolute Gasteiger partial charge is 0.437 e. The number of nitrogen functional groups attached to an aromatic ring is 1. The van der Waals surface area contributed by atoms with Crippen LogP contribution in [0.25, 0.3) is 11.1 Å². The number of Topliss-reactive ketones (excluding diaryl/α,β-unsaturated/α-hetero) is 1. The standard InChI is InChI=1S/C11H12B2NO3.C11H10BN2O3.C11H14BN2O.C8H5F6NO4S2.C6H6BNO4.2C6H12BNO.C5H10BNO2.Pd.H2/c15-8-12-14-6-5-10(7-14)9-1-3-11(4-2-9)13(16)17;15-8-12-13-6-5-10(7-13)9-1-3-11(4-2-9)14(16)17;13-11-3-1-9(2-4-11)10-5-6-14(7-10)12-8-15;9-7(10,11)20(16,17)15(6-4-2-1-3-5-6)21(18,19)8(12,13)14;9-7(10)5-1-3-6(4-2-5)8(11)12;2*1-6-3-4-8(5-6)7(2)9;1-6(9)7-3-2-5(8)4-7;;/h1-4,7-8,16-17H,5-6H2;1-5,8H,6-7H2;1-4,8,10H,5-7,13H2;1-5H;1-4,9-10H;5,9H,3-4H2,1-2H3;3,9H,4-5H2,1-2H3;9H,2-4H2,1H3;;1H. The van der Waals surface area contributed by atoms with E-state index < -0.39 is 71.6 Å². The van der Waals surface area contributed by atoms with Crippen LogP contribution in [0, 0.1) is 20.2 Å². The number of nitrogens with two attached hydrogens (primary N) is 1. The molecule has 2 fully saturated rings. The number of hydrogen-bond acceptors (Lipinski definition) is 26. The van der Waals surface area contributed by atoms with Crippen molar-refractivity contribution in [3.63, 3.8) is 0 Å². The van der Waals surface area contributed by atoms with Gasteiger partial charge >= 0.3 is 73.9 Å². The number of para-hydroxylation sites is 1. The second-order valence-electron chi connectivity index (χ2n) is 24.9. The third kappa shape index (κ3) is 31.3. The molecule has 5 aromatic rings. The molecule has 3 radical (unpaired) electrons. The molecule has 11 rings (SSSR count). The van der Waals surface area contributed by atoms with Crippen molar-refractivity contribution in [2.75, 3.05) is 74.9 Å². The molecule has 6 aliphatic heterocycles. The van der Waals surface area contributed by atoms with Crippen LogP contribution in [0.15, 0.2) is 163 Å². The molecule has 591 valence electrons. The summed E-state index contributed by atoms with van der Waals surface area (Å²) in [6.07, 6.45) is 14.2. The number of benzene rings is 5. The fourth-order valence-electron chi connectivity index (χ4n) is 10.6. The second kappa shape index (κ2) is 46.1. The maximum absolute atomic E-state index is 12.4. The summed E-state index contributed by atoms with van der Waals surface area (Å²) in [5.74, 6) is 0.762. The van der Waals surface area contributed by atoms with E-state index in [0.29, 0.717) is 49.6 Å². The number of halogens is 6. The molecular formula is C64H83B8F6N10O19PdS2. The topological polar surface area (TPSA) is 413 Å². The van der Waals surface area contributed by atoms with Crippen molar-refractivity contribution in [2.24, 2.45) is 0 Å². The van der Waals surface area contributed by atoms with E-state index in [9.17, 15) is 82.6 Å². The summed E-state index contributed by atoms with van der Waals surface area (Å²) in [5, 5.41) is 83.0. The monoisotopic (exact) mass is 1670 g/mol. The van der Waals surface area contributed by atoms with E-state index in [1.807, 2.05) is 62.0 Å². The summed E-state index contributed by atoms with van der Waals surface area (Å²) in [7, 11) is -13.1. The van der Waals surface area contributed by atoms with Gasteiger partial charge in [0, 0.05) is 104 Å². The predicted octanol–water partition coefficient (Wildman–Crippen LogP) is 3.34. The number of alkyl halides is 6. The van der Waals surface area contributed by atoms with E-state index in [1.165, 1.54) is 67.9 Å². The zero-order valence-corrected chi connectivity index (χ0v) is 63.5. The molecular weight excluding hydrogens is 1580 g/mol. The number of nitro groups is 2. The Kier molecular flexibility index (Phi) is 40.3. The second-order valence-corrected chi connectivity index (χ2v) is 28.6. The first-order chi connectivity index (χ1) is 51.1. The summed E-state index contributed by atoms with van der Waals surface area (Å²) in [6.45, 7) is 17.5. The number of rotatable bonds is 19. The van der Waals surface area contributed by atoms with Crippen LogP contribution < -0.4 is 20.4 Å². The summed E-state index contributed by atoms with van der Waals surface area (Å²) >= 11 is 0. The molecule has 0 saturated carbocycles. The fraction of sp³-hybridized carbons (Fsp3) is 0.344. The number of ketones is 1. The van der Waals surface area contributed by atoms with Crippen LogP contribution in [0.4, 0.5) is 49.1 Å². The number of sulfonamides is 2. The van der Waals surface area contributed by atoms with Gasteiger partial charge in [-0.05, 0) is 167 Å². The van der Waals surface area contributed by atoms with Crippen LogP contribution >= 0.6 is 0 Å². The van der Waals surface area contributed by atoms with Crippen molar-refractivity contribution in [2.45, 2.75) is 76.9 Å². The van der Waals surface area contributed by atoms with Gasteiger partial charge in [-0.15, -0.1) is 3.71 Å². The number of nitrogens with zero attached hydrogens (tertiary/aromatic N) is 9. The first kappa shape index (κ1) is 96.2. The van der Waals surface area contributed by atoms with Crippen LogP contribution in [0.2, 0.25) is 20.5 Å². The third-order valence-electron chi connectivity index (χ3n) is 16.6. The summed E-state index contributed by atoms with van der Waals surface area (Å²) < 4.78 is 118. The average Bonchev–Trinajstić information content (AvgIpc) is 1.40. The summed E-state index contributed by atoms with van der Waals surface area (Å²) in [5.41, 5.74) is 1.62. The minimum absolute atomic E-state index is 0. The molecule has 6 heterocycles. The Morgan fingerprint density at radius 3 is 1.45 bits per heavy atom. The van der Waals surface area contributed by atoms with E-state index in [-0.39, 0.29) is 58.6 Å². The van der Waals surface area contributed by atoms with Crippen LogP contribution in [0.3, 0.4) is 0 Å². The molecule has 0 aromatic heterocycles. The van der Waals surface area contributed by atoms with Crippen LogP contribution in [-0.4, -0.2) is 249 Å². The van der Waals surface area contributed by atoms with Crippen molar-refractivity contribution >= 4 is 147 Å². The molecule has 2 saturated heterocycles. The number of nitro benzene ring substituents is 2. The number of hydrogen-bond donors (Lipinski definition) is 8. The van der Waals surface area contributed by atoms with Crippen molar-refractivity contribution in [3.8, 4) is 0 Å². The van der Waals surface area contributed by atoms with E-state index in [2.05, 4.69) is 36.9 Å². The maximum atomic E-state index is 12.4. The molecule has 0 amide bonds. The van der Waals surface area contributed by atoms with E-state index in [0.717, 1.165) is 130 Å². The minimum Gasteiger partial charge on any atom is -0.437 e. The quantitative estimate of drug-likeness (QED) is 0.0112. The molecule has 1 atom stereocenters. The first-order valence-corrected chi connectivity index (χ1v) is 36.3. The largest absolute Gasteiger partial charge is 0.517 e. The predicted molar refractivity (Wildman–Crippen MR) is 413 cm³/mol. The van der Waals surface area contributed by atoms with Crippen molar-refractivity contribution in [3.05, 3.63) is 200 Å². The number of carbonyl (C=O) groups excluding carboxylic acids is 4. The number of carbonyl (C=O) groups is 4. The van der Waals surface area contributed by atoms with Gasteiger partial charge in [0.15, 0.2) is 0 Å². The molecule has 5 aromatic carbocycles. The van der Waals surface area contributed by atoms with Gasteiger partial charge in [0.05, 0.1) is 27.9 Å². The number of anilines is 2. The Bertz CT molecular complexity index is 4110. The molecule has 46 heteroatoms. The molecule has 9 N–H and O–H groups in total. The molecule has 110 heavy (non-hydrogen) atoms. The zero-order chi connectivity index (χ0) is 81.6. The normalized spacial score (nSPS) is 16.1. The van der Waals surface area contributed by atoms with Crippen molar-refractivity contribution < 1.29 is 129 Å². The number of non-ortho nitro benzene ring substituents is 2. The maximum Gasteiger partial charge on any atom is 0.517 e. The van der Waals surface area contributed by atoms with E-state index in [1.54, 1.807) is 57.0 Å². The van der Waals surface area contributed by atoms with Gasteiger partial charge in [0.25, 0.3) is 26.2 Å². The van der Waals surface area contributed by atoms with Gasteiger partial charge in [-0.25, -0.2) is 0 Å². The fourth-order valence-corrected chi connectivity index (χ4v) is 13.3. The van der Waals surface area contributed by atoms with Crippen molar-refractivity contribution in [1.82, 2.24) is 28.9 Å². The molecule has 0 aliphatic carbocycles. The zero-order valence-electron chi connectivity index (χ0n) is 60.3. The Labute approximate surface area is 653 Å². The Morgan fingerprint density at radius 1 is 0.564 bits per heavy atom. The van der Waals surface area contributed by atoms with E-state index >= 15 is 0 Å². The van der Waals surface area contributed by atoms with Gasteiger partial charge < -0.3 is 84.2 Å². The van der Waals surface area contributed by atoms with Crippen molar-refractivity contribution in [1.29, 1.82) is 0 Å². The van der Waals surface area contributed by atoms with Gasteiger partial charge in [-0.3, -0.25) is 25.0 Å². The summed E-state index contributed by atoms with van der Waals surface area (Å²) in [4.78, 5) is 72.8. The molecule has 0 bridgehead atoms. The van der Waals surface area contributed by atoms with Crippen LogP contribution in [0.1, 0.15) is 63.6 Å². The third-order valence-corrected chi connectivity index (χ3v) is 20.3. The van der Waals surface area contributed by atoms with E-state index in [4.69, 9.17) is 40.9 Å². The Hall–Kier alpha value is -8.04. The van der Waals surface area contributed by atoms with Gasteiger partial charge in [-0.2, -0.15) is 43.2 Å². The molecule has 6 aliphatic rings. The minimum atomic E-state index is -6.81.